The summed E-state index contributed by atoms with van der Waals surface area (Å²) < 4.78 is 9.21. The molecule has 3 aromatic heterocycles. The highest BCUT2D eigenvalue weighted by atomic mass is 32.1. The van der Waals surface area contributed by atoms with E-state index in [9.17, 15) is 0 Å². The summed E-state index contributed by atoms with van der Waals surface area (Å²) in [5, 5.41) is 4.51. The molecule has 0 saturated carbocycles. The van der Waals surface area contributed by atoms with Crippen molar-refractivity contribution in [3.05, 3.63) is 215 Å². The Morgan fingerprint density at radius 2 is 0.981 bits per heavy atom. The molecule has 0 amide bonds. The Kier molecular flexibility index (Phi) is 5.52. The lowest BCUT2D eigenvalue weighted by Crippen LogP contribution is -2.52. The zero-order valence-corrected chi connectivity index (χ0v) is 28.7. The Labute approximate surface area is 303 Å². The van der Waals surface area contributed by atoms with Crippen LogP contribution in [0.1, 0.15) is 44.8 Å². The second-order valence-electron chi connectivity index (χ2n) is 14.0. The van der Waals surface area contributed by atoms with Gasteiger partial charge >= 0.3 is 0 Å². The van der Waals surface area contributed by atoms with Gasteiger partial charge < -0.3 is 4.42 Å². The van der Waals surface area contributed by atoms with E-state index >= 15 is 0 Å². The molecule has 0 unspecified atom stereocenters. The fraction of sp³-hybridized carbons (Fsp3) is 0.0417. The minimum Gasteiger partial charge on any atom is -0.438 e. The van der Waals surface area contributed by atoms with Crippen LogP contribution < -0.4 is 0 Å². The molecule has 13 rings (SSSR count). The third-order valence-corrected chi connectivity index (χ3v) is 12.8. The number of nitrogens with zero attached hydrogens (tertiary/aromatic N) is 2. The van der Waals surface area contributed by atoms with Crippen LogP contribution in [0.5, 0.6) is 0 Å². The second kappa shape index (κ2) is 10.1. The van der Waals surface area contributed by atoms with Crippen molar-refractivity contribution < 1.29 is 4.42 Å². The first-order chi connectivity index (χ1) is 25.8. The van der Waals surface area contributed by atoms with Gasteiger partial charge in [0.05, 0.1) is 16.5 Å². The molecule has 0 aliphatic heterocycles. The average molecular weight is 681 g/mol. The fourth-order valence-electron chi connectivity index (χ4n) is 9.67. The van der Waals surface area contributed by atoms with Gasteiger partial charge in [-0.05, 0) is 57.1 Å². The molecule has 4 heteroatoms. The predicted molar refractivity (Wildman–Crippen MR) is 211 cm³/mol. The minimum absolute atomic E-state index is 0.495. The molecule has 3 heterocycles. The number of aromatic nitrogens is 2. The molecule has 242 valence electrons. The summed E-state index contributed by atoms with van der Waals surface area (Å²) in [5.41, 5.74) is 10.7. The van der Waals surface area contributed by atoms with Gasteiger partial charge in [0.1, 0.15) is 11.0 Å². The van der Waals surface area contributed by atoms with Gasteiger partial charge in [-0.25, -0.2) is 4.98 Å². The Morgan fingerprint density at radius 1 is 0.442 bits per heavy atom. The van der Waals surface area contributed by atoms with Crippen LogP contribution in [0.4, 0.5) is 0 Å². The smallest absolute Gasteiger partial charge is 0.231 e. The molecular weight excluding hydrogens is 653 g/mol. The normalized spacial score (nSPS) is 18.5. The maximum absolute atomic E-state index is 6.69. The van der Waals surface area contributed by atoms with Gasteiger partial charge in [-0.15, -0.1) is 11.3 Å². The molecule has 0 radical (unpaired) electrons. The van der Waals surface area contributed by atoms with E-state index in [1.807, 2.05) is 23.5 Å². The third kappa shape index (κ3) is 3.36. The van der Waals surface area contributed by atoms with Gasteiger partial charge in [0, 0.05) is 31.1 Å². The SMILES string of the molecule is c1ccc(C23c4ccccc4C(c4nc(-c5ccc6c(c5)sc5ccccc56)c5c(n4)oc4ccccc45)(c4ccccc42)c2ccccc23)cc1. The fourth-order valence-corrected chi connectivity index (χ4v) is 10.8. The molecule has 10 aromatic rings. The van der Waals surface area contributed by atoms with Crippen molar-refractivity contribution in [2.45, 2.75) is 10.8 Å². The number of hydrogen-bond acceptors (Lipinski definition) is 4. The van der Waals surface area contributed by atoms with Gasteiger partial charge in [0.2, 0.25) is 5.71 Å². The van der Waals surface area contributed by atoms with E-state index in [-0.39, 0.29) is 0 Å². The number of thiophene rings is 1. The molecule has 2 bridgehead atoms. The van der Waals surface area contributed by atoms with E-state index in [2.05, 4.69) is 158 Å². The van der Waals surface area contributed by atoms with Gasteiger partial charge in [-0.2, -0.15) is 4.98 Å². The number of fused-ring (bicyclic) bond motifs is 6. The summed E-state index contributed by atoms with van der Waals surface area (Å²) in [5.74, 6) is 0.721. The maximum atomic E-state index is 6.69. The Balaban J connectivity index is 1.24. The zero-order valence-electron chi connectivity index (χ0n) is 27.9. The van der Waals surface area contributed by atoms with Crippen molar-refractivity contribution in [3.63, 3.8) is 0 Å². The predicted octanol–water partition coefficient (Wildman–Crippen LogP) is 11.8. The van der Waals surface area contributed by atoms with Crippen molar-refractivity contribution in [3.8, 4) is 11.3 Å². The topological polar surface area (TPSA) is 38.9 Å². The van der Waals surface area contributed by atoms with Crippen molar-refractivity contribution >= 4 is 53.6 Å². The quantitative estimate of drug-likeness (QED) is 0.186. The summed E-state index contributed by atoms with van der Waals surface area (Å²) >= 11 is 1.83. The molecule has 0 fully saturated rings. The van der Waals surface area contributed by atoms with Crippen LogP contribution in [0.3, 0.4) is 0 Å². The molecule has 52 heavy (non-hydrogen) atoms. The molecular formula is C48H28N2OS. The lowest BCUT2D eigenvalue weighted by atomic mass is 9.45. The molecule has 3 aliphatic rings. The molecule has 0 saturated heterocycles. The standard InChI is InChI=1S/C48H28N2OS/c1-2-14-30(15-3-1)47-34-18-6-9-21-37(34)48(38-22-10-7-19-35(38)47,39-23-11-8-20-36(39)47)46-49-44(43-33-17-4-12-24-40(33)51-45(43)50-46)29-26-27-32-31-16-5-13-25-41(31)52-42(32)28-29/h1-28H. The summed E-state index contributed by atoms with van der Waals surface area (Å²) in [6.45, 7) is 0. The van der Waals surface area contributed by atoms with E-state index in [0.29, 0.717) is 5.71 Å². The Morgan fingerprint density at radius 3 is 1.65 bits per heavy atom. The van der Waals surface area contributed by atoms with Crippen LogP contribution in [-0.4, -0.2) is 9.97 Å². The second-order valence-corrected chi connectivity index (χ2v) is 15.1. The summed E-state index contributed by atoms with van der Waals surface area (Å²) in [4.78, 5) is 11.3. The van der Waals surface area contributed by atoms with E-state index in [0.717, 1.165) is 33.4 Å². The summed E-state index contributed by atoms with van der Waals surface area (Å²) in [7, 11) is 0. The Hall–Kier alpha value is -6.36. The lowest BCUT2D eigenvalue weighted by Gasteiger charge is -2.56. The molecule has 0 atom stereocenters. The zero-order chi connectivity index (χ0) is 34.0. The number of hydrogen-bond donors (Lipinski definition) is 0. The number of rotatable bonds is 3. The van der Waals surface area contributed by atoms with Crippen LogP contribution in [-0.2, 0) is 10.8 Å². The molecule has 3 nitrogen and oxygen atoms in total. The van der Waals surface area contributed by atoms with Crippen molar-refractivity contribution in [2.24, 2.45) is 0 Å². The van der Waals surface area contributed by atoms with E-state index in [1.165, 1.54) is 59.1 Å². The maximum Gasteiger partial charge on any atom is 0.231 e. The largest absolute Gasteiger partial charge is 0.438 e. The average Bonchev–Trinajstić information content (AvgIpc) is 3.78. The first-order valence-corrected chi connectivity index (χ1v) is 18.6. The van der Waals surface area contributed by atoms with E-state index < -0.39 is 10.8 Å². The Bertz CT molecular complexity index is 2980. The highest BCUT2D eigenvalue weighted by Crippen LogP contribution is 2.65. The van der Waals surface area contributed by atoms with Crippen LogP contribution in [0.15, 0.2) is 174 Å². The van der Waals surface area contributed by atoms with Crippen molar-refractivity contribution in [2.75, 3.05) is 0 Å². The lowest BCUT2D eigenvalue weighted by molar-refractivity contribution is 0.533. The number of furan rings is 1. The van der Waals surface area contributed by atoms with Gasteiger partial charge in [0.25, 0.3) is 0 Å². The highest BCUT2D eigenvalue weighted by Gasteiger charge is 2.61. The number of para-hydroxylation sites is 1. The highest BCUT2D eigenvalue weighted by molar-refractivity contribution is 7.25. The van der Waals surface area contributed by atoms with Crippen molar-refractivity contribution in [1.82, 2.24) is 9.97 Å². The molecule has 0 spiro atoms. The first kappa shape index (κ1) is 28.3. The van der Waals surface area contributed by atoms with Crippen molar-refractivity contribution in [1.29, 1.82) is 0 Å². The monoisotopic (exact) mass is 680 g/mol. The molecule has 7 aromatic carbocycles. The van der Waals surface area contributed by atoms with E-state index in [4.69, 9.17) is 14.4 Å². The molecule has 3 aliphatic carbocycles. The van der Waals surface area contributed by atoms with Crippen LogP contribution in [0.25, 0.3) is 53.5 Å². The van der Waals surface area contributed by atoms with Crippen LogP contribution in [0.2, 0.25) is 0 Å². The number of benzene rings is 7. The summed E-state index contributed by atoms with van der Waals surface area (Å²) in [6.07, 6.45) is 0. The van der Waals surface area contributed by atoms with Crippen LogP contribution >= 0.6 is 11.3 Å². The minimum atomic E-state index is -0.788. The summed E-state index contributed by atoms with van der Waals surface area (Å²) in [6, 6.07) is 61.6. The third-order valence-electron chi connectivity index (χ3n) is 11.6. The van der Waals surface area contributed by atoms with Gasteiger partial charge in [-0.3, -0.25) is 0 Å². The van der Waals surface area contributed by atoms with Gasteiger partial charge in [0.15, 0.2) is 5.82 Å². The molecule has 0 N–H and O–H groups in total. The first-order valence-electron chi connectivity index (χ1n) is 17.7. The van der Waals surface area contributed by atoms with Gasteiger partial charge in [-0.1, -0.05) is 152 Å². The van der Waals surface area contributed by atoms with Crippen LogP contribution in [0, 0.1) is 0 Å². The van der Waals surface area contributed by atoms with E-state index in [1.54, 1.807) is 0 Å².